The van der Waals surface area contributed by atoms with Crippen molar-refractivity contribution in [3.8, 4) is 23.6 Å². The molecule has 0 atom stereocenters. The molecule has 7 heteroatoms. The summed E-state index contributed by atoms with van der Waals surface area (Å²) in [4.78, 5) is 0. The minimum absolute atomic E-state index is 0.0422. The molecule has 1 aliphatic heterocycles. The van der Waals surface area contributed by atoms with E-state index >= 15 is 0 Å². The Morgan fingerprint density at radius 3 is 1.52 bits per heavy atom. The van der Waals surface area contributed by atoms with Crippen molar-refractivity contribution < 1.29 is 9.47 Å². The van der Waals surface area contributed by atoms with Crippen LogP contribution in [-0.2, 0) is 0 Å². The van der Waals surface area contributed by atoms with E-state index in [2.05, 4.69) is 8.80 Å². The predicted molar refractivity (Wildman–Crippen MR) is 105 cm³/mol. The van der Waals surface area contributed by atoms with Crippen LogP contribution in [0.2, 0.25) is 0 Å². The van der Waals surface area contributed by atoms with E-state index in [1.165, 1.54) is 0 Å². The summed E-state index contributed by atoms with van der Waals surface area (Å²) in [7, 11) is 3.18. The van der Waals surface area contributed by atoms with Gasteiger partial charge in [-0.25, -0.2) is 0 Å². The molecule has 0 fully saturated rings. The van der Waals surface area contributed by atoms with E-state index in [1.54, 1.807) is 38.5 Å². The first-order valence-corrected chi connectivity index (χ1v) is 8.61. The molecular formula is C20H14N4O2S. The van der Waals surface area contributed by atoms with Crippen LogP contribution in [0.3, 0.4) is 0 Å². The van der Waals surface area contributed by atoms with Gasteiger partial charge < -0.3 is 9.47 Å². The third-order valence-electron chi connectivity index (χ3n) is 3.94. The van der Waals surface area contributed by atoms with Gasteiger partial charge in [-0.3, -0.25) is 0 Å². The summed E-state index contributed by atoms with van der Waals surface area (Å²) in [5.41, 5.74) is 2.96. The van der Waals surface area contributed by atoms with Gasteiger partial charge in [-0.05, 0) is 48.5 Å². The molecule has 1 aliphatic rings. The second-order valence-corrected chi connectivity index (χ2v) is 5.92. The number of methoxy groups -OCH3 is 2. The molecule has 0 aliphatic carbocycles. The highest BCUT2D eigenvalue weighted by atomic mass is 32.2. The monoisotopic (exact) mass is 374 g/mol. The maximum absolute atomic E-state index is 9.48. The average molecular weight is 374 g/mol. The first-order chi connectivity index (χ1) is 13.2. The van der Waals surface area contributed by atoms with Crippen molar-refractivity contribution in [2.24, 2.45) is 8.80 Å². The number of benzene rings is 2. The van der Waals surface area contributed by atoms with E-state index < -0.39 is 0 Å². The average Bonchev–Trinajstić information content (AvgIpc) is 2.75. The van der Waals surface area contributed by atoms with Crippen molar-refractivity contribution in [3.05, 3.63) is 70.8 Å². The van der Waals surface area contributed by atoms with Crippen LogP contribution in [0, 0.1) is 22.7 Å². The largest absolute Gasteiger partial charge is 0.497 e. The van der Waals surface area contributed by atoms with Gasteiger partial charge in [0.05, 0.1) is 31.2 Å². The van der Waals surface area contributed by atoms with Gasteiger partial charge in [0.1, 0.15) is 41.3 Å². The van der Waals surface area contributed by atoms with E-state index in [9.17, 15) is 10.5 Å². The van der Waals surface area contributed by atoms with E-state index in [-0.39, 0.29) is 5.57 Å². The van der Waals surface area contributed by atoms with E-state index in [4.69, 9.17) is 9.47 Å². The number of hydrogen-bond donors (Lipinski definition) is 0. The van der Waals surface area contributed by atoms with Crippen LogP contribution in [-0.4, -0.2) is 25.6 Å². The van der Waals surface area contributed by atoms with Crippen LogP contribution in [0.1, 0.15) is 11.1 Å². The molecule has 0 saturated carbocycles. The summed E-state index contributed by atoms with van der Waals surface area (Å²) in [5, 5.41) is 19.0. The zero-order chi connectivity index (χ0) is 19.2. The fraction of sp³-hybridized carbons (Fsp3) is 0.100. The van der Waals surface area contributed by atoms with Gasteiger partial charge in [0, 0.05) is 11.1 Å². The fourth-order valence-electron chi connectivity index (χ4n) is 2.57. The van der Waals surface area contributed by atoms with Gasteiger partial charge in [0.25, 0.3) is 0 Å². The quantitative estimate of drug-likeness (QED) is 0.598. The molecule has 0 saturated heterocycles. The highest BCUT2D eigenvalue weighted by Crippen LogP contribution is 2.29. The summed E-state index contributed by atoms with van der Waals surface area (Å²) in [6, 6.07) is 18.5. The molecule has 0 bridgehead atoms. The van der Waals surface area contributed by atoms with E-state index in [0.717, 1.165) is 23.3 Å². The number of nitriles is 2. The van der Waals surface area contributed by atoms with Gasteiger partial charge in [-0.1, -0.05) is 0 Å². The maximum Gasteiger partial charge on any atom is 0.141 e. The standard InChI is InChI=1S/C20H14N4O2S/c1-25-16-7-3-13(4-8-16)19-18(15(11-21)12-22)20(24-27-23-19)14-5-9-17(26-2)10-6-14/h3-10H,1-2H3. The third-order valence-corrected chi connectivity index (χ3v) is 4.47. The predicted octanol–water partition coefficient (Wildman–Crippen LogP) is 3.90. The lowest BCUT2D eigenvalue weighted by Crippen LogP contribution is -2.19. The summed E-state index contributed by atoms with van der Waals surface area (Å²) in [6.45, 7) is 0. The molecule has 6 nitrogen and oxygen atoms in total. The molecule has 1 heterocycles. The molecule has 0 unspecified atom stereocenters. The number of allylic oxidation sites excluding steroid dienone is 2. The van der Waals surface area contributed by atoms with Gasteiger partial charge in [0.2, 0.25) is 0 Å². The molecule has 0 radical (unpaired) electrons. The first kappa shape index (κ1) is 18.2. The Balaban J connectivity index is 2.12. The molecule has 0 aromatic heterocycles. The highest BCUT2D eigenvalue weighted by molar-refractivity contribution is 7.97. The Labute approximate surface area is 161 Å². The number of nitrogens with zero attached hydrogens (tertiary/aromatic N) is 4. The molecule has 132 valence electrons. The summed E-state index contributed by atoms with van der Waals surface area (Å²) in [5.74, 6) is 1.41. The molecule has 2 aromatic rings. The zero-order valence-electron chi connectivity index (χ0n) is 14.6. The molecule has 27 heavy (non-hydrogen) atoms. The molecule has 2 aromatic carbocycles. The van der Waals surface area contributed by atoms with Crippen molar-refractivity contribution in [2.75, 3.05) is 14.2 Å². The highest BCUT2D eigenvalue weighted by Gasteiger charge is 2.26. The summed E-state index contributed by atoms with van der Waals surface area (Å²) < 4.78 is 19.1. The zero-order valence-corrected chi connectivity index (χ0v) is 15.4. The van der Waals surface area contributed by atoms with Gasteiger partial charge in [0.15, 0.2) is 0 Å². The van der Waals surface area contributed by atoms with Crippen LogP contribution >= 0.6 is 12.1 Å². The Bertz CT molecular complexity index is 942. The van der Waals surface area contributed by atoms with Crippen LogP contribution in [0.4, 0.5) is 0 Å². The topological polar surface area (TPSA) is 90.8 Å². The molecule has 0 N–H and O–H groups in total. The molecule has 0 amide bonds. The van der Waals surface area contributed by atoms with E-state index in [1.807, 2.05) is 36.4 Å². The number of hydrogen-bond acceptors (Lipinski definition) is 7. The van der Waals surface area contributed by atoms with Gasteiger partial charge in [-0.15, -0.1) is 0 Å². The van der Waals surface area contributed by atoms with Crippen molar-refractivity contribution in [3.63, 3.8) is 0 Å². The minimum atomic E-state index is -0.0422. The van der Waals surface area contributed by atoms with Crippen molar-refractivity contribution in [2.45, 2.75) is 0 Å². The summed E-state index contributed by atoms with van der Waals surface area (Å²) >= 11 is 1.02. The number of ether oxygens (including phenoxy) is 2. The van der Waals surface area contributed by atoms with Gasteiger partial charge in [-0.2, -0.15) is 19.3 Å². The Morgan fingerprint density at radius 1 is 0.778 bits per heavy atom. The fourth-order valence-corrected chi connectivity index (χ4v) is 3.17. The van der Waals surface area contributed by atoms with Crippen LogP contribution < -0.4 is 9.47 Å². The third kappa shape index (κ3) is 3.69. The lowest BCUT2D eigenvalue weighted by atomic mass is 9.91. The SMILES string of the molecule is COc1ccc(C2=NSN=C(c3ccc(OC)cc3)C2=C(C#N)C#N)cc1. The normalized spacial score (nSPS) is 13.0. The van der Waals surface area contributed by atoms with Crippen molar-refractivity contribution in [1.29, 1.82) is 10.5 Å². The maximum atomic E-state index is 9.48. The minimum Gasteiger partial charge on any atom is -0.497 e. The van der Waals surface area contributed by atoms with Crippen LogP contribution in [0.25, 0.3) is 0 Å². The second kappa shape index (κ2) is 8.22. The number of rotatable bonds is 4. The smallest absolute Gasteiger partial charge is 0.141 e. The van der Waals surface area contributed by atoms with Crippen LogP contribution in [0.5, 0.6) is 11.5 Å². The Morgan fingerprint density at radius 2 is 1.19 bits per heavy atom. The van der Waals surface area contributed by atoms with Crippen LogP contribution in [0.15, 0.2) is 68.5 Å². The summed E-state index contributed by atoms with van der Waals surface area (Å²) in [6.07, 6.45) is 0. The molecular weight excluding hydrogens is 360 g/mol. The molecule has 0 spiro atoms. The first-order valence-electron chi connectivity index (χ1n) is 7.88. The van der Waals surface area contributed by atoms with E-state index in [0.29, 0.717) is 28.5 Å². The Kier molecular flexibility index (Phi) is 5.55. The van der Waals surface area contributed by atoms with Gasteiger partial charge >= 0.3 is 0 Å². The molecule has 3 rings (SSSR count). The Hall–Kier alpha value is -3.55. The van der Waals surface area contributed by atoms with Crippen molar-refractivity contribution in [1.82, 2.24) is 0 Å². The lowest BCUT2D eigenvalue weighted by Gasteiger charge is -2.17. The lowest BCUT2D eigenvalue weighted by molar-refractivity contribution is 0.414. The van der Waals surface area contributed by atoms with Crippen molar-refractivity contribution >= 4 is 23.6 Å². The second-order valence-electron chi connectivity index (χ2n) is 5.39.